The Morgan fingerprint density at radius 2 is 2.39 bits per heavy atom. The van der Waals surface area contributed by atoms with Crippen molar-refractivity contribution in [1.29, 1.82) is 0 Å². The van der Waals surface area contributed by atoms with Crippen LogP contribution in [0.15, 0.2) is 29.0 Å². The Morgan fingerprint density at radius 1 is 1.52 bits per heavy atom. The Bertz CT molecular complexity index is 670. The number of rotatable bonds is 6. The summed E-state index contributed by atoms with van der Waals surface area (Å²) in [4.78, 5) is 20.2. The molecule has 9 nitrogen and oxygen atoms in total. The number of furan rings is 1. The molecule has 0 radical (unpaired) electrons. The standard InChI is InChI=1S/C14H17N5O4/c15-13-12(19(20)21)7-16-14(17-13)18(8-10-3-1-5-22-10)9-11-4-2-6-23-11/h1,3,5,7,11H,2,4,6,8-9H2,(H2,15,16,17). The summed E-state index contributed by atoms with van der Waals surface area (Å²) in [5.41, 5.74) is 5.37. The van der Waals surface area contributed by atoms with Crippen molar-refractivity contribution < 1.29 is 14.1 Å². The molecule has 1 aliphatic rings. The first kappa shape index (κ1) is 15.2. The maximum Gasteiger partial charge on any atom is 0.329 e. The number of nitrogens with two attached hydrogens (primary N) is 1. The molecule has 2 aromatic rings. The molecule has 1 unspecified atom stereocenters. The van der Waals surface area contributed by atoms with Crippen LogP contribution in [0.2, 0.25) is 0 Å². The zero-order chi connectivity index (χ0) is 16.2. The topological polar surface area (TPSA) is 121 Å². The lowest BCUT2D eigenvalue weighted by atomic mass is 10.2. The number of anilines is 2. The van der Waals surface area contributed by atoms with Crippen molar-refractivity contribution >= 4 is 17.5 Å². The fourth-order valence-corrected chi connectivity index (χ4v) is 2.51. The Kier molecular flexibility index (Phi) is 4.38. The van der Waals surface area contributed by atoms with Crippen molar-refractivity contribution in [3.63, 3.8) is 0 Å². The molecule has 1 saturated heterocycles. The molecule has 122 valence electrons. The first-order chi connectivity index (χ1) is 11.1. The summed E-state index contributed by atoms with van der Waals surface area (Å²) < 4.78 is 11.0. The monoisotopic (exact) mass is 319 g/mol. The molecule has 3 rings (SSSR count). The van der Waals surface area contributed by atoms with Crippen molar-refractivity contribution in [1.82, 2.24) is 9.97 Å². The van der Waals surface area contributed by atoms with Crippen LogP contribution in [0.25, 0.3) is 0 Å². The number of hydrogen-bond acceptors (Lipinski definition) is 8. The summed E-state index contributed by atoms with van der Waals surface area (Å²) in [6.45, 7) is 1.74. The molecule has 0 aliphatic carbocycles. The van der Waals surface area contributed by atoms with Crippen LogP contribution >= 0.6 is 0 Å². The molecule has 3 heterocycles. The maximum absolute atomic E-state index is 10.8. The number of nitrogens with zero attached hydrogens (tertiary/aromatic N) is 4. The van der Waals surface area contributed by atoms with Gasteiger partial charge in [-0.25, -0.2) is 4.98 Å². The largest absolute Gasteiger partial charge is 0.467 e. The number of nitro groups is 1. The van der Waals surface area contributed by atoms with Gasteiger partial charge in [-0.15, -0.1) is 0 Å². The SMILES string of the molecule is Nc1nc(N(Cc2ccco2)CC2CCCO2)ncc1[N+](=O)[O-]. The van der Waals surface area contributed by atoms with Crippen LogP contribution in [-0.2, 0) is 11.3 Å². The molecule has 0 bridgehead atoms. The molecule has 1 aliphatic heterocycles. The number of ether oxygens (including phenoxy) is 1. The Balaban J connectivity index is 1.84. The molecule has 0 amide bonds. The minimum atomic E-state index is -0.601. The van der Waals surface area contributed by atoms with Gasteiger partial charge in [0.2, 0.25) is 11.8 Å². The Hall–Kier alpha value is -2.68. The van der Waals surface area contributed by atoms with Crippen LogP contribution < -0.4 is 10.6 Å². The molecule has 23 heavy (non-hydrogen) atoms. The second-order valence-electron chi connectivity index (χ2n) is 5.29. The van der Waals surface area contributed by atoms with Crippen molar-refractivity contribution in [2.24, 2.45) is 0 Å². The second-order valence-corrected chi connectivity index (χ2v) is 5.29. The van der Waals surface area contributed by atoms with Crippen LogP contribution in [0.3, 0.4) is 0 Å². The highest BCUT2D eigenvalue weighted by molar-refractivity contribution is 5.53. The molecule has 0 saturated carbocycles. The smallest absolute Gasteiger partial charge is 0.329 e. The van der Waals surface area contributed by atoms with Gasteiger partial charge in [0.15, 0.2) is 0 Å². The lowest BCUT2D eigenvalue weighted by Crippen LogP contribution is -2.33. The van der Waals surface area contributed by atoms with Gasteiger partial charge in [0, 0.05) is 13.2 Å². The highest BCUT2D eigenvalue weighted by Crippen LogP contribution is 2.23. The average Bonchev–Trinajstić information content (AvgIpc) is 3.19. The molecule has 0 spiro atoms. The van der Waals surface area contributed by atoms with Crippen LogP contribution in [-0.4, -0.2) is 34.1 Å². The van der Waals surface area contributed by atoms with Crippen LogP contribution in [0.1, 0.15) is 18.6 Å². The molecular weight excluding hydrogens is 302 g/mol. The first-order valence-corrected chi connectivity index (χ1v) is 7.29. The highest BCUT2D eigenvalue weighted by atomic mass is 16.6. The van der Waals surface area contributed by atoms with Crippen molar-refractivity contribution in [2.75, 3.05) is 23.8 Å². The summed E-state index contributed by atoms with van der Waals surface area (Å²) in [5, 5.41) is 10.8. The minimum absolute atomic E-state index is 0.0741. The van der Waals surface area contributed by atoms with E-state index in [1.54, 1.807) is 12.3 Å². The van der Waals surface area contributed by atoms with E-state index in [1.165, 1.54) is 0 Å². The van der Waals surface area contributed by atoms with Crippen molar-refractivity contribution in [2.45, 2.75) is 25.5 Å². The average molecular weight is 319 g/mol. The Morgan fingerprint density at radius 3 is 3.00 bits per heavy atom. The van der Waals surface area contributed by atoms with Gasteiger partial charge in [0.25, 0.3) is 0 Å². The molecule has 1 atom stereocenters. The molecular formula is C14H17N5O4. The molecule has 2 aromatic heterocycles. The van der Waals surface area contributed by atoms with E-state index >= 15 is 0 Å². The third-order valence-electron chi connectivity index (χ3n) is 3.64. The third kappa shape index (κ3) is 3.57. The molecule has 0 aromatic carbocycles. The summed E-state index contributed by atoms with van der Waals surface area (Å²) in [6, 6.07) is 3.64. The zero-order valence-corrected chi connectivity index (χ0v) is 12.4. The van der Waals surface area contributed by atoms with E-state index in [2.05, 4.69) is 9.97 Å². The summed E-state index contributed by atoms with van der Waals surface area (Å²) in [5.74, 6) is 0.903. The van der Waals surface area contributed by atoms with Crippen molar-refractivity contribution in [3.8, 4) is 0 Å². The van der Waals surface area contributed by atoms with E-state index in [-0.39, 0.29) is 17.6 Å². The van der Waals surface area contributed by atoms with E-state index < -0.39 is 4.92 Å². The predicted octanol–water partition coefficient (Wildman–Crippen LogP) is 1.75. The summed E-state index contributed by atoms with van der Waals surface area (Å²) in [7, 11) is 0. The van der Waals surface area contributed by atoms with Crippen molar-refractivity contribution in [3.05, 3.63) is 40.5 Å². The Labute approximate surface area is 132 Å². The van der Waals surface area contributed by atoms with Crippen LogP contribution in [0, 0.1) is 10.1 Å². The zero-order valence-electron chi connectivity index (χ0n) is 12.4. The summed E-state index contributed by atoms with van der Waals surface area (Å²) in [6.07, 6.45) is 4.76. The fourth-order valence-electron chi connectivity index (χ4n) is 2.51. The van der Waals surface area contributed by atoms with E-state index in [0.29, 0.717) is 19.0 Å². The van der Waals surface area contributed by atoms with Gasteiger partial charge < -0.3 is 19.8 Å². The number of aromatic nitrogens is 2. The first-order valence-electron chi connectivity index (χ1n) is 7.29. The van der Waals surface area contributed by atoms with Gasteiger partial charge in [0.05, 0.1) is 23.8 Å². The van der Waals surface area contributed by atoms with Gasteiger partial charge in [0.1, 0.15) is 12.0 Å². The predicted molar refractivity (Wildman–Crippen MR) is 81.8 cm³/mol. The minimum Gasteiger partial charge on any atom is -0.467 e. The van der Waals surface area contributed by atoms with E-state index in [0.717, 1.165) is 31.4 Å². The lowest BCUT2D eigenvalue weighted by molar-refractivity contribution is -0.384. The van der Waals surface area contributed by atoms with Gasteiger partial charge in [-0.3, -0.25) is 10.1 Å². The fraction of sp³-hybridized carbons (Fsp3) is 0.429. The molecule has 9 heteroatoms. The van der Waals surface area contributed by atoms with Crippen LogP contribution in [0.5, 0.6) is 0 Å². The van der Waals surface area contributed by atoms with E-state index in [4.69, 9.17) is 14.9 Å². The van der Waals surface area contributed by atoms with Gasteiger partial charge in [-0.2, -0.15) is 4.98 Å². The van der Waals surface area contributed by atoms with Crippen LogP contribution in [0.4, 0.5) is 17.5 Å². The van der Waals surface area contributed by atoms with Gasteiger partial charge >= 0.3 is 5.69 Å². The normalized spacial score (nSPS) is 17.3. The quantitative estimate of drug-likeness (QED) is 0.631. The molecule has 1 fully saturated rings. The van der Waals surface area contributed by atoms with E-state index in [9.17, 15) is 10.1 Å². The number of hydrogen-bond donors (Lipinski definition) is 1. The van der Waals surface area contributed by atoms with Gasteiger partial charge in [-0.05, 0) is 25.0 Å². The maximum atomic E-state index is 10.8. The highest BCUT2D eigenvalue weighted by Gasteiger charge is 2.23. The lowest BCUT2D eigenvalue weighted by Gasteiger charge is -2.24. The summed E-state index contributed by atoms with van der Waals surface area (Å²) >= 11 is 0. The third-order valence-corrected chi connectivity index (χ3v) is 3.64. The second kappa shape index (κ2) is 6.61. The molecule has 2 N–H and O–H groups in total. The van der Waals surface area contributed by atoms with E-state index in [1.807, 2.05) is 11.0 Å². The number of nitrogen functional groups attached to an aromatic ring is 1. The van der Waals surface area contributed by atoms with Gasteiger partial charge in [-0.1, -0.05) is 0 Å².